The van der Waals surface area contributed by atoms with Gasteiger partial charge in [-0.3, -0.25) is 4.57 Å². The Hall–Kier alpha value is -3.03. The van der Waals surface area contributed by atoms with Crippen LogP contribution in [0.25, 0.3) is 16.8 Å². The van der Waals surface area contributed by atoms with E-state index in [0.717, 1.165) is 18.4 Å². The molecule has 0 unspecified atom stereocenters. The molecule has 0 atom stereocenters. The molecule has 2 aliphatic heterocycles. The summed E-state index contributed by atoms with van der Waals surface area (Å²) in [6.45, 7) is 6.13. The minimum absolute atomic E-state index is 0.100. The van der Waals surface area contributed by atoms with E-state index < -0.39 is 23.0 Å². The molecule has 0 amide bonds. The third-order valence-electron chi connectivity index (χ3n) is 6.65. The van der Waals surface area contributed by atoms with Crippen LogP contribution in [0.5, 0.6) is 0 Å². The fourth-order valence-electron chi connectivity index (χ4n) is 4.96. The van der Waals surface area contributed by atoms with E-state index in [1.807, 2.05) is 13.8 Å². The number of rotatable bonds is 1. The minimum Gasteiger partial charge on any atom is -0.383 e. The van der Waals surface area contributed by atoms with Crippen LogP contribution in [-0.2, 0) is 11.0 Å². The van der Waals surface area contributed by atoms with Gasteiger partial charge in [0.15, 0.2) is 11.6 Å². The Labute approximate surface area is 171 Å². The molecule has 1 spiro atoms. The zero-order chi connectivity index (χ0) is 21.0. The maximum Gasteiger partial charge on any atom is 0.162 e. The van der Waals surface area contributed by atoms with Gasteiger partial charge in [0.05, 0.1) is 16.8 Å². The molecule has 30 heavy (non-hydrogen) atoms. The van der Waals surface area contributed by atoms with Gasteiger partial charge in [0.25, 0.3) is 0 Å². The molecular formula is C22H20F3N5. The highest BCUT2D eigenvalue weighted by molar-refractivity contribution is 5.87. The largest absolute Gasteiger partial charge is 0.383 e. The standard InChI is InChI=1S/C22H20F3N5/c1-10-28-29-20-21(2,3)27-15-8-14(24)16(17(25)19(15)30(10)20)12-6-11(23)7-13-18(12)26-9-22(13)4-5-22/h6-8,26-27H,4-5,9H2,1-3H3. The summed E-state index contributed by atoms with van der Waals surface area (Å²) in [4.78, 5) is 0. The van der Waals surface area contributed by atoms with Crippen LogP contribution in [-0.4, -0.2) is 21.3 Å². The van der Waals surface area contributed by atoms with E-state index in [0.29, 0.717) is 29.6 Å². The first-order chi connectivity index (χ1) is 14.2. The van der Waals surface area contributed by atoms with Crippen molar-refractivity contribution >= 4 is 11.4 Å². The molecule has 1 aromatic heterocycles. The molecule has 0 saturated heterocycles. The normalized spacial score (nSPS) is 19.0. The highest BCUT2D eigenvalue weighted by atomic mass is 19.1. The number of fused-ring (bicyclic) bond motifs is 5. The van der Waals surface area contributed by atoms with Gasteiger partial charge >= 0.3 is 0 Å². The van der Waals surface area contributed by atoms with Crippen LogP contribution < -0.4 is 10.6 Å². The average Bonchev–Trinajstić information content (AvgIpc) is 3.22. The first-order valence-corrected chi connectivity index (χ1v) is 10.0. The summed E-state index contributed by atoms with van der Waals surface area (Å²) >= 11 is 0. The number of hydrogen-bond acceptors (Lipinski definition) is 4. The molecule has 2 aromatic carbocycles. The highest BCUT2D eigenvalue weighted by Gasteiger charge is 2.50. The van der Waals surface area contributed by atoms with Gasteiger partial charge in [-0.1, -0.05) is 0 Å². The topological polar surface area (TPSA) is 54.8 Å². The van der Waals surface area contributed by atoms with Crippen LogP contribution >= 0.6 is 0 Å². The van der Waals surface area contributed by atoms with Crippen LogP contribution in [0, 0.1) is 24.4 Å². The summed E-state index contributed by atoms with van der Waals surface area (Å²) in [6.07, 6.45) is 1.90. The lowest BCUT2D eigenvalue weighted by Gasteiger charge is -2.34. The van der Waals surface area contributed by atoms with Gasteiger partial charge in [-0.2, -0.15) is 0 Å². The first kappa shape index (κ1) is 17.8. The molecule has 5 nitrogen and oxygen atoms in total. The number of hydrogen-bond donors (Lipinski definition) is 2. The van der Waals surface area contributed by atoms with Crippen molar-refractivity contribution in [2.45, 2.75) is 44.6 Å². The van der Waals surface area contributed by atoms with E-state index in [2.05, 4.69) is 20.8 Å². The van der Waals surface area contributed by atoms with Crippen molar-refractivity contribution in [1.29, 1.82) is 0 Å². The Bertz CT molecular complexity index is 1260. The van der Waals surface area contributed by atoms with Gasteiger partial charge in [0.2, 0.25) is 0 Å². The third kappa shape index (κ3) is 2.14. The first-order valence-electron chi connectivity index (χ1n) is 10.0. The molecule has 1 saturated carbocycles. The zero-order valence-electron chi connectivity index (χ0n) is 16.8. The van der Waals surface area contributed by atoms with Gasteiger partial charge in [0.1, 0.15) is 23.1 Å². The second-order valence-electron chi connectivity index (χ2n) is 9.11. The summed E-state index contributed by atoms with van der Waals surface area (Å²) in [6, 6.07) is 3.98. The van der Waals surface area contributed by atoms with Crippen LogP contribution in [0.4, 0.5) is 24.5 Å². The van der Waals surface area contributed by atoms with E-state index in [4.69, 9.17) is 0 Å². The van der Waals surface area contributed by atoms with Crippen molar-refractivity contribution in [3.05, 3.63) is 52.9 Å². The zero-order valence-corrected chi connectivity index (χ0v) is 16.8. The molecule has 3 aliphatic rings. The van der Waals surface area contributed by atoms with E-state index >= 15 is 8.78 Å². The van der Waals surface area contributed by atoms with Crippen molar-refractivity contribution in [1.82, 2.24) is 14.8 Å². The van der Waals surface area contributed by atoms with Crippen molar-refractivity contribution in [3.63, 3.8) is 0 Å². The van der Waals surface area contributed by atoms with Crippen molar-refractivity contribution in [2.75, 3.05) is 17.2 Å². The average molecular weight is 411 g/mol. The molecular weight excluding hydrogens is 391 g/mol. The van der Waals surface area contributed by atoms with Gasteiger partial charge < -0.3 is 10.6 Å². The molecule has 6 rings (SSSR count). The van der Waals surface area contributed by atoms with E-state index in [1.165, 1.54) is 18.2 Å². The third-order valence-corrected chi connectivity index (χ3v) is 6.65. The number of nitrogens with one attached hydrogen (secondary N) is 2. The second-order valence-corrected chi connectivity index (χ2v) is 9.11. The Morgan fingerprint density at radius 1 is 1.07 bits per heavy atom. The maximum absolute atomic E-state index is 16.0. The van der Waals surface area contributed by atoms with E-state index in [9.17, 15) is 4.39 Å². The molecule has 0 radical (unpaired) electrons. The van der Waals surface area contributed by atoms with E-state index in [-0.39, 0.29) is 22.2 Å². The molecule has 2 N–H and O–H groups in total. The summed E-state index contributed by atoms with van der Waals surface area (Å²) in [7, 11) is 0. The van der Waals surface area contributed by atoms with Gasteiger partial charge in [-0.05, 0) is 51.3 Å². The van der Waals surface area contributed by atoms with Crippen LogP contribution in [0.1, 0.15) is 43.9 Å². The van der Waals surface area contributed by atoms with Crippen molar-refractivity contribution in [2.24, 2.45) is 0 Å². The van der Waals surface area contributed by atoms with Crippen LogP contribution in [0.2, 0.25) is 0 Å². The molecule has 0 bridgehead atoms. The Morgan fingerprint density at radius 2 is 1.83 bits per heavy atom. The minimum atomic E-state index is -0.761. The van der Waals surface area contributed by atoms with Gasteiger partial charge in [0, 0.05) is 29.3 Å². The summed E-state index contributed by atoms with van der Waals surface area (Å²) in [5, 5.41) is 14.7. The lowest BCUT2D eigenvalue weighted by atomic mass is 9.92. The molecule has 154 valence electrons. The van der Waals surface area contributed by atoms with Crippen LogP contribution in [0.15, 0.2) is 18.2 Å². The second kappa shape index (κ2) is 5.36. The Morgan fingerprint density at radius 3 is 2.57 bits per heavy atom. The Kier molecular flexibility index (Phi) is 3.18. The molecule has 1 aliphatic carbocycles. The van der Waals surface area contributed by atoms with Gasteiger partial charge in [-0.15, -0.1) is 10.2 Å². The fourth-order valence-corrected chi connectivity index (χ4v) is 4.96. The quantitative estimate of drug-likeness (QED) is 0.605. The lowest BCUT2D eigenvalue weighted by Crippen LogP contribution is -2.36. The SMILES string of the molecule is Cc1nnc2n1-c1c(cc(F)c(-c3cc(F)cc4c3NCC43CC3)c1F)NC2(C)C. The molecule has 8 heteroatoms. The van der Waals surface area contributed by atoms with Crippen molar-refractivity contribution < 1.29 is 13.2 Å². The number of benzene rings is 2. The summed E-state index contributed by atoms with van der Waals surface area (Å²) in [5.41, 5.74) is 1.12. The number of halogens is 3. The number of aromatic nitrogens is 3. The summed E-state index contributed by atoms with van der Waals surface area (Å²) < 4.78 is 47.4. The monoisotopic (exact) mass is 411 g/mol. The highest BCUT2D eigenvalue weighted by Crippen LogP contribution is 2.57. The maximum atomic E-state index is 16.0. The molecule has 3 aromatic rings. The smallest absolute Gasteiger partial charge is 0.162 e. The predicted octanol–water partition coefficient (Wildman–Crippen LogP) is 4.78. The number of aryl methyl sites for hydroxylation is 1. The van der Waals surface area contributed by atoms with Crippen LogP contribution in [0.3, 0.4) is 0 Å². The molecule has 3 heterocycles. The lowest BCUT2D eigenvalue weighted by molar-refractivity contribution is 0.517. The predicted molar refractivity (Wildman–Crippen MR) is 107 cm³/mol. The fraction of sp³-hybridized carbons (Fsp3) is 0.364. The van der Waals surface area contributed by atoms with Crippen molar-refractivity contribution in [3.8, 4) is 16.8 Å². The summed E-state index contributed by atoms with van der Waals surface area (Å²) in [5.74, 6) is -0.963. The van der Waals surface area contributed by atoms with E-state index in [1.54, 1.807) is 11.5 Å². The van der Waals surface area contributed by atoms with Gasteiger partial charge in [-0.25, -0.2) is 13.2 Å². The Balaban J connectivity index is 1.65. The number of anilines is 2. The number of nitrogens with zero attached hydrogens (tertiary/aromatic N) is 3. The molecule has 1 fully saturated rings.